The van der Waals surface area contributed by atoms with E-state index in [0.717, 1.165) is 0 Å². The largest absolute Gasteiger partial charge is 0.358 e. The number of rotatable bonds is 2. The molecule has 1 aliphatic rings. The number of nitrogens with two attached hydrogens (primary N) is 1. The van der Waals surface area contributed by atoms with Gasteiger partial charge in [0.25, 0.3) is 0 Å². The zero-order valence-corrected chi connectivity index (χ0v) is 12.0. The summed E-state index contributed by atoms with van der Waals surface area (Å²) in [5.41, 5.74) is 10.1. The van der Waals surface area contributed by atoms with Crippen LogP contribution >= 0.6 is 0 Å². The van der Waals surface area contributed by atoms with E-state index in [1.54, 1.807) is 0 Å². The van der Waals surface area contributed by atoms with E-state index in [0.29, 0.717) is 5.92 Å². The van der Waals surface area contributed by atoms with Crippen LogP contribution in [0.25, 0.3) is 10.9 Å². The van der Waals surface area contributed by atoms with Gasteiger partial charge >= 0.3 is 0 Å². The summed E-state index contributed by atoms with van der Waals surface area (Å²) in [7, 11) is 0. The summed E-state index contributed by atoms with van der Waals surface area (Å²) in [6, 6.07) is 8.56. The van der Waals surface area contributed by atoms with Gasteiger partial charge in [-0.25, -0.2) is 0 Å². The summed E-state index contributed by atoms with van der Waals surface area (Å²) in [5.74, 6) is 0.666. The lowest BCUT2D eigenvalue weighted by Crippen LogP contribution is -2.30. The molecule has 0 bridgehead atoms. The lowest BCUT2D eigenvalue weighted by atomic mass is 9.81. The van der Waals surface area contributed by atoms with E-state index < -0.39 is 0 Å². The monoisotopic (exact) mass is 256 g/mol. The van der Waals surface area contributed by atoms with Crippen molar-refractivity contribution < 1.29 is 0 Å². The van der Waals surface area contributed by atoms with Gasteiger partial charge in [0.1, 0.15) is 0 Å². The summed E-state index contributed by atoms with van der Waals surface area (Å²) in [6.45, 7) is 4.24. The zero-order valence-electron chi connectivity index (χ0n) is 12.0. The molecule has 2 nitrogen and oxygen atoms in total. The van der Waals surface area contributed by atoms with E-state index in [4.69, 9.17) is 5.73 Å². The Hall–Kier alpha value is -1.28. The van der Waals surface area contributed by atoms with Gasteiger partial charge in [-0.1, -0.05) is 37.5 Å². The smallest absolute Gasteiger partial charge is 0.0459 e. The van der Waals surface area contributed by atoms with Crippen molar-refractivity contribution >= 4 is 10.9 Å². The number of nitrogens with one attached hydrogen (secondary N) is 1. The maximum atomic E-state index is 6.45. The van der Waals surface area contributed by atoms with Gasteiger partial charge in [-0.15, -0.1) is 0 Å². The van der Waals surface area contributed by atoms with E-state index in [1.165, 1.54) is 54.3 Å². The highest BCUT2D eigenvalue weighted by molar-refractivity contribution is 5.86. The molecule has 0 spiro atoms. The van der Waals surface area contributed by atoms with Crippen molar-refractivity contribution in [1.82, 2.24) is 4.98 Å². The SMILES string of the molecule is CC(C)(N)c1c(C2CCCCC2)[nH]c2ccccc12. The van der Waals surface area contributed by atoms with Crippen LogP contribution in [0.2, 0.25) is 0 Å². The van der Waals surface area contributed by atoms with E-state index in [2.05, 4.69) is 43.1 Å². The molecule has 1 heterocycles. The molecule has 1 fully saturated rings. The molecule has 0 radical (unpaired) electrons. The van der Waals surface area contributed by atoms with Gasteiger partial charge in [0.05, 0.1) is 0 Å². The summed E-state index contributed by atoms with van der Waals surface area (Å²) in [4.78, 5) is 3.66. The van der Waals surface area contributed by atoms with Crippen molar-refractivity contribution in [1.29, 1.82) is 0 Å². The summed E-state index contributed by atoms with van der Waals surface area (Å²) in [6.07, 6.45) is 6.69. The second-order valence-corrected chi connectivity index (χ2v) is 6.52. The number of aromatic nitrogens is 1. The number of para-hydroxylation sites is 1. The first-order chi connectivity index (χ1) is 9.07. The maximum absolute atomic E-state index is 6.45. The molecule has 0 atom stereocenters. The summed E-state index contributed by atoms with van der Waals surface area (Å²) < 4.78 is 0. The molecule has 19 heavy (non-hydrogen) atoms. The van der Waals surface area contributed by atoms with Crippen molar-refractivity contribution in [2.75, 3.05) is 0 Å². The lowest BCUT2D eigenvalue weighted by molar-refractivity contribution is 0.428. The second kappa shape index (κ2) is 4.68. The number of benzene rings is 1. The molecule has 1 aliphatic carbocycles. The Morgan fingerprint density at radius 2 is 1.79 bits per heavy atom. The van der Waals surface area contributed by atoms with Crippen molar-refractivity contribution in [2.24, 2.45) is 5.73 Å². The molecule has 3 rings (SSSR count). The third-order valence-electron chi connectivity index (χ3n) is 4.39. The van der Waals surface area contributed by atoms with Gasteiger partial charge in [0.15, 0.2) is 0 Å². The normalized spacial score (nSPS) is 18.1. The van der Waals surface area contributed by atoms with E-state index in [1.807, 2.05) is 0 Å². The topological polar surface area (TPSA) is 41.8 Å². The Morgan fingerprint density at radius 3 is 2.47 bits per heavy atom. The van der Waals surface area contributed by atoms with Gasteiger partial charge in [-0.05, 0) is 38.7 Å². The standard InChI is InChI=1S/C17H24N2/c1-17(2,18)15-13-10-6-7-11-14(13)19-16(15)12-8-4-3-5-9-12/h6-7,10-12,19H,3-5,8-9,18H2,1-2H3. The minimum Gasteiger partial charge on any atom is -0.358 e. The molecule has 102 valence electrons. The van der Waals surface area contributed by atoms with Crippen LogP contribution in [0.1, 0.15) is 63.1 Å². The third-order valence-corrected chi connectivity index (χ3v) is 4.39. The van der Waals surface area contributed by atoms with Gasteiger partial charge in [-0.2, -0.15) is 0 Å². The Bertz CT molecular complexity index is 568. The van der Waals surface area contributed by atoms with Crippen LogP contribution in [0.4, 0.5) is 0 Å². The minimum atomic E-state index is -0.285. The predicted octanol–water partition coefficient (Wildman–Crippen LogP) is 4.41. The molecule has 0 unspecified atom stereocenters. The zero-order chi connectivity index (χ0) is 13.5. The van der Waals surface area contributed by atoms with Crippen LogP contribution in [0.15, 0.2) is 24.3 Å². The minimum absolute atomic E-state index is 0.285. The van der Waals surface area contributed by atoms with Crippen LogP contribution in [0.5, 0.6) is 0 Å². The Labute approximate surface area is 115 Å². The molecule has 2 heteroatoms. The molecule has 2 aromatic rings. The first-order valence-electron chi connectivity index (χ1n) is 7.47. The molecular weight excluding hydrogens is 232 g/mol. The van der Waals surface area contributed by atoms with E-state index in [9.17, 15) is 0 Å². The number of aromatic amines is 1. The quantitative estimate of drug-likeness (QED) is 0.821. The van der Waals surface area contributed by atoms with Crippen molar-refractivity contribution in [3.05, 3.63) is 35.5 Å². The lowest BCUT2D eigenvalue weighted by Gasteiger charge is -2.27. The molecular formula is C17H24N2. The Morgan fingerprint density at radius 1 is 1.11 bits per heavy atom. The molecule has 0 aliphatic heterocycles. The highest BCUT2D eigenvalue weighted by Gasteiger charge is 2.28. The second-order valence-electron chi connectivity index (χ2n) is 6.52. The highest BCUT2D eigenvalue weighted by atomic mass is 14.8. The molecule has 1 saturated carbocycles. The summed E-state index contributed by atoms with van der Waals surface area (Å²) in [5, 5.41) is 1.30. The fraction of sp³-hybridized carbons (Fsp3) is 0.529. The van der Waals surface area contributed by atoms with Crippen LogP contribution in [0.3, 0.4) is 0 Å². The third kappa shape index (κ3) is 2.30. The predicted molar refractivity (Wildman–Crippen MR) is 81.3 cm³/mol. The summed E-state index contributed by atoms with van der Waals surface area (Å²) >= 11 is 0. The average Bonchev–Trinajstić information content (AvgIpc) is 2.79. The first kappa shape index (κ1) is 12.7. The Kier molecular flexibility index (Phi) is 3.14. The number of hydrogen-bond acceptors (Lipinski definition) is 1. The fourth-order valence-electron chi connectivity index (χ4n) is 3.55. The maximum Gasteiger partial charge on any atom is 0.0459 e. The number of fused-ring (bicyclic) bond motifs is 1. The Balaban J connectivity index is 2.17. The molecule has 1 aromatic heterocycles. The van der Waals surface area contributed by atoms with Gasteiger partial charge in [0.2, 0.25) is 0 Å². The number of hydrogen-bond donors (Lipinski definition) is 2. The fourth-order valence-corrected chi connectivity index (χ4v) is 3.55. The number of H-pyrrole nitrogens is 1. The van der Waals surface area contributed by atoms with Crippen LogP contribution in [-0.2, 0) is 5.54 Å². The van der Waals surface area contributed by atoms with Gasteiger partial charge in [0, 0.05) is 27.7 Å². The molecule has 0 saturated heterocycles. The van der Waals surface area contributed by atoms with Crippen LogP contribution < -0.4 is 5.73 Å². The van der Waals surface area contributed by atoms with Gasteiger partial charge < -0.3 is 10.7 Å². The van der Waals surface area contributed by atoms with Crippen molar-refractivity contribution in [3.63, 3.8) is 0 Å². The van der Waals surface area contributed by atoms with E-state index >= 15 is 0 Å². The van der Waals surface area contributed by atoms with Gasteiger partial charge in [-0.3, -0.25) is 0 Å². The van der Waals surface area contributed by atoms with Crippen LogP contribution in [-0.4, -0.2) is 4.98 Å². The van der Waals surface area contributed by atoms with E-state index in [-0.39, 0.29) is 5.54 Å². The highest BCUT2D eigenvalue weighted by Crippen LogP contribution is 2.40. The van der Waals surface area contributed by atoms with Crippen molar-refractivity contribution in [3.8, 4) is 0 Å². The molecule has 1 aromatic carbocycles. The van der Waals surface area contributed by atoms with Crippen LogP contribution in [0, 0.1) is 0 Å². The first-order valence-corrected chi connectivity index (χ1v) is 7.47. The average molecular weight is 256 g/mol. The molecule has 0 amide bonds. The van der Waals surface area contributed by atoms with Crippen molar-refractivity contribution in [2.45, 2.75) is 57.4 Å². The molecule has 3 N–H and O–H groups in total.